The molecule has 0 bridgehead atoms. The summed E-state index contributed by atoms with van der Waals surface area (Å²) in [5, 5.41) is 2.52. The number of likely N-dealkylation sites (tertiary alicyclic amines) is 1. The lowest BCUT2D eigenvalue weighted by molar-refractivity contribution is -0.132. The molecule has 0 spiro atoms. The molecule has 1 unspecified atom stereocenters. The average Bonchev–Trinajstić information content (AvgIpc) is 3.18. The predicted octanol–water partition coefficient (Wildman–Crippen LogP) is 3.46. The van der Waals surface area contributed by atoms with E-state index in [0.29, 0.717) is 12.6 Å². The molecule has 28 heavy (non-hydrogen) atoms. The summed E-state index contributed by atoms with van der Waals surface area (Å²) < 4.78 is 31.8. The Labute approximate surface area is 162 Å². The van der Waals surface area contributed by atoms with Gasteiger partial charge in [-0.05, 0) is 42.7 Å². The van der Waals surface area contributed by atoms with Crippen LogP contribution in [-0.2, 0) is 4.79 Å². The highest BCUT2D eigenvalue weighted by atomic mass is 19.1. The molecule has 1 aliphatic heterocycles. The Kier molecular flexibility index (Phi) is 6.23. The molecule has 1 heterocycles. The summed E-state index contributed by atoms with van der Waals surface area (Å²) in [6, 6.07) is 10.4. The van der Waals surface area contributed by atoms with Crippen molar-refractivity contribution in [3.05, 3.63) is 65.2 Å². The van der Waals surface area contributed by atoms with Crippen molar-refractivity contribution in [3.63, 3.8) is 0 Å². The van der Waals surface area contributed by atoms with E-state index in [2.05, 4.69) is 5.32 Å². The van der Waals surface area contributed by atoms with E-state index in [4.69, 9.17) is 4.74 Å². The molecular formula is C21H22F2N2O3. The van der Waals surface area contributed by atoms with E-state index in [-0.39, 0.29) is 30.5 Å². The van der Waals surface area contributed by atoms with Gasteiger partial charge < -0.3 is 15.0 Å². The molecule has 0 aromatic heterocycles. The number of methoxy groups -OCH3 is 1. The molecule has 2 aromatic carbocycles. The van der Waals surface area contributed by atoms with Crippen molar-refractivity contribution in [2.24, 2.45) is 0 Å². The zero-order valence-electron chi connectivity index (χ0n) is 15.6. The van der Waals surface area contributed by atoms with Gasteiger partial charge in [0.1, 0.15) is 17.4 Å². The standard InChI is InChI=1S/C21H22F2N2O3/c1-28-16-5-2-4-14(12-16)19-6-3-11-25(19)20(26)9-10-24-21(27)17-8-7-15(22)13-18(17)23/h2,4-5,7-8,12-13,19H,3,6,9-11H2,1H3,(H,24,27). The smallest absolute Gasteiger partial charge is 0.254 e. The minimum atomic E-state index is -0.929. The number of hydrogen-bond donors (Lipinski definition) is 1. The van der Waals surface area contributed by atoms with Crippen LogP contribution in [0.3, 0.4) is 0 Å². The molecule has 148 valence electrons. The Morgan fingerprint density at radius 2 is 2.04 bits per heavy atom. The second-order valence-electron chi connectivity index (χ2n) is 6.65. The summed E-state index contributed by atoms with van der Waals surface area (Å²) in [5.41, 5.74) is 0.770. The highest BCUT2D eigenvalue weighted by Gasteiger charge is 2.29. The fourth-order valence-electron chi connectivity index (χ4n) is 3.46. The number of carbonyl (C=O) groups is 2. The van der Waals surface area contributed by atoms with Gasteiger partial charge in [0.2, 0.25) is 5.91 Å². The van der Waals surface area contributed by atoms with E-state index in [0.717, 1.165) is 36.3 Å². The number of nitrogens with one attached hydrogen (secondary N) is 1. The lowest BCUT2D eigenvalue weighted by Gasteiger charge is -2.25. The third kappa shape index (κ3) is 4.47. The number of carbonyl (C=O) groups excluding carboxylic acids is 2. The predicted molar refractivity (Wildman–Crippen MR) is 100.0 cm³/mol. The minimum Gasteiger partial charge on any atom is -0.497 e. The second-order valence-corrected chi connectivity index (χ2v) is 6.65. The number of halogens is 2. The van der Waals surface area contributed by atoms with Crippen LogP contribution in [0, 0.1) is 11.6 Å². The van der Waals surface area contributed by atoms with Gasteiger partial charge in [-0.1, -0.05) is 12.1 Å². The maximum absolute atomic E-state index is 13.6. The van der Waals surface area contributed by atoms with Gasteiger partial charge >= 0.3 is 0 Å². The first-order valence-electron chi connectivity index (χ1n) is 9.16. The fourth-order valence-corrected chi connectivity index (χ4v) is 3.46. The van der Waals surface area contributed by atoms with Gasteiger partial charge in [0.25, 0.3) is 5.91 Å². The first kappa shape index (κ1) is 19.8. The van der Waals surface area contributed by atoms with Gasteiger partial charge in [0.05, 0.1) is 18.7 Å². The molecule has 3 rings (SSSR count). The normalized spacial score (nSPS) is 16.1. The van der Waals surface area contributed by atoms with Crippen molar-refractivity contribution >= 4 is 11.8 Å². The first-order chi connectivity index (χ1) is 13.5. The Bertz CT molecular complexity index is 872. The molecule has 1 N–H and O–H groups in total. The van der Waals surface area contributed by atoms with E-state index >= 15 is 0 Å². The highest BCUT2D eigenvalue weighted by molar-refractivity contribution is 5.94. The van der Waals surface area contributed by atoms with Crippen LogP contribution in [0.15, 0.2) is 42.5 Å². The van der Waals surface area contributed by atoms with Gasteiger partial charge in [-0.3, -0.25) is 9.59 Å². The molecule has 1 fully saturated rings. The maximum atomic E-state index is 13.6. The van der Waals surface area contributed by atoms with Crippen molar-refractivity contribution in [3.8, 4) is 5.75 Å². The highest BCUT2D eigenvalue weighted by Crippen LogP contribution is 2.33. The third-order valence-electron chi connectivity index (χ3n) is 4.85. The Hall–Kier alpha value is -2.96. The van der Waals surface area contributed by atoms with Crippen LogP contribution >= 0.6 is 0 Å². The molecule has 0 radical (unpaired) electrons. The van der Waals surface area contributed by atoms with Crippen LogP contribution in [0.2, 0.25) is 0 Å². The molecule has 2 amide bonds. The fraction of sp³-hybridized carbons (Fsp3) is 0.333. The molecule has 1 aliphatic rings. The van der Waals surface area contributed by atoms with E-state index in [1.54, 1.807) is 12.0 Å². The van der Waals surface area contributed by atoms with Crippen LogP contribution < -0.4 is 10.1 Å². The molecule has 2 aromatic rings. The van der Waals surface area contributed by atoms with Gasteiger partial charge in [-0.2, -0.15) is 0 Å². The summed E-state index contributed by atoms with van der Waals surface area (Å²) in [5.74, 6) is -1.69. The summed E-state index contributed by atoms with van der Waals surface area (Å²) in [4.78, 5) is 26.5. The largest absolute Gasteiger partial charge is 0.497 e. The lowest BCUT2D eigenvalue weighted by atomic mass is 10.0. The minimum absolute atomic E-state index is 0.0205. The first-order valence-corrected chi connectivity index (χ1v) is 9.16. The zero-order valence-corrected chi connectivity index (χ0v) is 15.6. The maximum Gasteiger partial charge on any atom is 0.254 e. The van der Waals surface area contributed by atoms with Gasteiger partial charge in [-0.15, -0.1) is 0 Å². The van der Waals surface area contributed by atoms with Crippen LogP contribution in [0.25, 0.3) is 0 Å². The molecular weight excluding hydrogens is 366 g/mol. The summed E-state index contributed by atoms with van der Waals surface area (Å²) in [7, 11) is 1.60. The van der Waals surface area contributed by atoms with E-state index in [9.17, 15) is 18.4 Å². The zero-order chi connectivity index (χ0) is 20.1. The monoisotopic (exact) mass is 388 g/mol. The van der Waals surface area contributed by atoms with E-state index in [1.807, 2.05) is 24.3 Å². The van der Waals surface area contributed by atoms with E-state index < -0.39 is 17.5 Å². The summed E-state index contributed by atoms with van der Waals surface area (Å²) >= 11 is 0. The molecule has 0 saturated carbocycles. The average molecular weight is 388 g/mol. The second kappa shape index (κ2) is 8.82. The van der Waals surface area contributed by atoms with Crippen LogP contribution in [0.5, 0.6) is 5.75 Å². The molecule has 5 nitrogen and oxygen atoms in total. The third-order valence-corrected chi connectivity index (χ3v) is 4.85. The van der Waals surface area contributed by atoms with Gasteiger partial charge in [0, 0.05) is 25.6 Å². The number of nitrogens with zero attached hydrogens (tertiary/aromatic N) is 1. The van der Waals surface area contributed by atoms with Crippen molar-refractivity contribution in [2.75, 3.05) is 20.2 Å². The Morgan fingerprint density at radius 3 is 2.79 bits per heavy atom. The SMILES string of the molecule is COc1cccc(C2CCCN2C(=O)CCNC(=O)c2ccc(F)cc2F)c1. The van der Waals surface area contributed by atoms with Crippen molar-refractivity contribution < 1.29 is 23.1 Å². The molecule has 0 aliphatic carbocycles. The van der Waals surface area contributed by atoms with Crippen LogP contribution in [0.4, 0.5) is 8.78 Å². The molecule has 1 atom stereocenters. The van der Waals surface area contributed by atoms with Crippen molar-refractivity contribution in [1.29, 1.82) is 0 Å². The van der Waals surface area contributed by atoms with E-state index in [1.165, 1.54) is 0 Å². The van der Waals surface area contributed by atoms with Crippen LogP contribution in [0.1, 0.15) is 41.2 Å². The quantitative estimate of drug-likeness (QED) is 0.825. The number of rotatable bonds is 6. The number of ether oxygens (including phenoxy) is 1. The Morgan fingerprint density at radius 1 is 1.21 bits per heavy atom. The molecule has 7 heteroatoms. The van der Waals surface area contributed by atoms with Gasteiger partial charge in [0.15, 0.2) is 0 Å². The number of amides is 2. The summed E-state index contributed by atoms with van der Waals surface area (Å²) in [6.07, 6.45) is 1.88. The lowest BCUT2D eigenvalue weighted by Crippen LogP contribution is -2.34. The van der Waals surface area contributed by atoms with Crippen molar-refractivity contribution in [2.45, 2.75) is 25.3 Å². The Balaban J connectivity index is 1.57. The van der Waals surface area contributed by atoms with Crippen LogP contribution in [-0.4, -0.2) is 36.9 Å². The molecule has 1 saturated heterocycles. The topological polar surface area (TPSA) is 58.6 Å². The number of benzene rings is 2. The summed E-state index contributed by atoms with van der Waals surface area (Å²) in [6.45, 7) is 0.733. The van der Waals surface area contributed by atoms with Gasteiger partial charge in [-0.25, -0.2) is 8.78 Å². The van der Waals surface area contributed by atoms with Crippen molar-refractivity contribution in [1.82, 2.24) is 10.2 Å². The number of hydrogen-bond acceptors (Lipinski definition) is 3.